The lowest BCUT2D eigenvalue weighted by Gasteiger charge is -2.11. The minimum Gasteiger partial charge on any atom is -0.343 e. The number of carbonyl (C=O) groups excluding carboxylic acids is 1. The highest BCUT2D eigenvalue weighted by Gasteiger charge is 2.42. The smallest absolute Gasteiger partial charge is 0.343 e. The molecule has 0 aliphatic heterocycles. The molecule has 31 heavy (non-hydrogen) atoms. The molecule has 11 heteroatoms. The Balaban J connectivity index is 1.65. The number of rotatable bonds is 5. The molecule has 2 aromatic heterocycles. The van der Waals surface area contributed by atoms with Gasteiger partial charge in [-0.25, -0.2) is 14.1 Å². The molecule has 0 bridgehead atoms. The molecule has 0 aliphatic rings. The second-order valence-electron chi connectivity index (χ2n) is 6.62. The molecule has 0 aliphatic carbocycles. The quantitative estimate of drug-likeness (QED) is 0.488. The topological polar surface area (TPSA) is 77.6 Å². The van der Waals surface area contributed by atoms with Crippen molar-refractivity contribution >= 4 is 16.9 Å². The van der Waals surface area contributed by atoms with Gasteiger partial charge in [0.15, 0.2) is 11.4 Å². The highest BCUT2D eigenvalue weighted by Crippen LogP contribution is 2.32. The van der Waals surface area contributed by atoms with E-state index in [0.29, 0.717) is 22.6 Å². The lowest BCUT2D eigenvalue weighted by atomic mass is 10.2. The molecule has 0 saturated carbocycles. The maximum Gasteiger partial charge on any atom is 0.435 e. The number of benzene rings is 2. The number of para-hydroxylation sites is 2. The molecule has 0 spiro atoms. The van der Waals surface area contributed by atoms with Gasteiger partial charge in [-0.05, 0) is 37.3 Å². The fourth-order valence-electron chi connectivity index (χ4n) is 3.33. The minimum atomic E-state index is -4.95. The van der Waals surface area contributed by atoms with E-state index in [4.69, 9.17) is 0 Å². The van der Waals surface area contributed by atoms with E-state index in [1.54, 1.807) is 6.07 Å². The third kappa shape index (κ3) is 3.86. The predicted octanol–water partition coefficient (Wildman–Crippen LogP) is 3.72. The van der Waals surface area contributed by atoms with Crippen LogP contribution in [0.5, 0.6) is 0 Å². The Morgan fingerprint density at radius 1 is 1.13 bits per heavy atom. The van der Waals surface area contributed by atoms with E-state index < -0.39 is 29.3 Å². The number of hydrogen-bond donors (Lipinski definition) is 1. The number of aromatic nitrogens is 5. The van der Waals surface area contributed by atoms with Crippen LogP contribution in [-0.4, -0.2) is 30.5 Å². The standard InChI is InChI=1S/C20H16F4N6O/c1-2-29-15-9-4-3-8-14(15)26-16(29)11-25-19(31)17-18(20(22,23)24)30(28-27-17)13-7-5-6-12(21)10-13/h3-10H,2,11H2,1H3,(H,25,31). The number of hydrogen-bond acceptors (Lipinski definition) is 4. The molecule has 160 valence electrons. The number of halogens is 4. The monoisotopic (exact) mass is 432 g/mol. The van der Waals surface area contributed by atoms with Gasteiger partial charge in [0.25, 0.3) is 5.91 Å². The Bertz CT molecular complexity index is 1260. The van der Waals surface area contributed by atoms with E-state index in [1.165, 1.54) is 12.1 Å². The zero-order valence-electron chi connectivity index (χ0n) is 16.2. The number of imidazole rings is 1. The molecule has 0 atom stereocenters. The molecule has 0 fully saturated rings. The lowest BCUT2D eigenvalue weighted by Crippen LogP contribution is -2.28. The van der Waals surface area contributed by atoms with Gasteiger partial charge in [-0.1, -0.05) is 23.4 Å². The van der Waals surface area contributed by atoms with E-state index in [-0.39, 0.29) is 12.2 Å². The first-order valence-electron chi connectivity index (χ1n) is 9.30. The van der Waals surface area contributed by atoms with Crippen molar-refractivity contribution in [1.29, 1.82) is 0 Å². The Hall–Kier alpha value is -3.76. The van der Waals surface area contributed by atoms with Crippen LogP contribution in [-0.2, 0) is 19.3 Å². The van der Waals surface area contributed by atoms with Crippen molar-refractivity contribution in [3.05, 3.63) is 71.6 Å². The molecule has 1 N–H and O–H groups in total. The van der Waals surface area contributed by atoms with Gasteiger partial charge < -0.3 is 9.88 Å². The molecular formula is C20H16F4N6O. The van der Waals surface area contributed by atoms with Crippen molar-refractivity contribution in [1.82, 2.24) is 29.9 Å². The van der Waals surface area contributed by atoms with E-state index in [9.17, 15) is 22.4 Å². The molecule has 2 aromatic carbocycles. The van der Waals surface area contributed by atoms with Crippen LogP contribution in [0, 0.1) is 5.82 Å². The van der Waals surface area contributed by atoms with Gasteiger partial charge in [-0.3, -0.25) is 4.79 Å². The summed E-state index contributed by atoms with van der Waals surface area (Å²) in [4.78, 5) is 17.0. The normalized spacial score (nSPS) is 11.8. The molecule has 0 saturated heterocycles. The summed E-state index contributed by atoms with van der Waals surface area (Å²) in [5.41, 5.74) is -0.939. The zero-order valence-corrected chi connectivity index (χ0v) is 16.2. The van der Waals surface area contributed by atoms with Crippen LogP contribution in [0.15, 0.2) is 48.5 Å². The Labute approximate surface area is 173 Å². The van der Waals surface area contributed by atoms with Gasteiger partial charge in [-0.2, -0.15) is 13.2 Å². The SMILES string of the molecule is CCn1c(CNC(=O)c2nnn(-c3cccc(F)c3)c2C(F)(F)F)nc2ccccc21. The Morgan fingerprint density at radius 2 is 1.90 bits per heavy atom. The van der Waals surface area contributed by atoms with Crippen LogP contribution in [0.3, 0.4) is 0 Å². The summed E-state index contributed by atoms with van der Waals surface area (Å²) in [6, 6.07) is 11.8. The van der Waals surface area contributed by atoms with Gasteiger partial charge in [0.2, 0.25) is 0 Å². The summed E-state index contributed by atoms with van der Waals surface area (Å²) in [5.74, 6) is -1.32. The summed E-state index contributed by atoms with van der Waals surface area (Å²) >= 11 is 0. The number of amides is 1. The summed E-state index contributed by atoms with van der Waals surface area (Å²) < 4.78 is 56.9. The van der Waals surface area contributed by atoms with Crippen molar-refractivity contribution in [2.75, 3.05) is 0 Å². The molecule has 2 heterocycles. The highest BCUT2D eigenvalue weighted by molar-refractivity contribution is 5.93. The van der Waals surface area contributed by atoms with E-state index in [0.717, 1.165) is 17.6 Å². The average Bonchev–Trinajstić information content (AvgIpc) is 3.33. The van der Waals surface area contributed by atoms with Gasteiger partial charge in [-0.15, -0.1) is 5.10 Å². The molecule has 4 aromatic rings. The molecule has 7 nitrogen and oxygen atoms in total. The second kappa shape index (κ2) is 7.82. The predicted molar refractivity (Wildman–Crippen MR) is 103 cm³/mol. The van der Waals surface area contributed by atoms with Gasteiger partial charge in [0, 0.05) is 6.54 Å². The van der Waals surface area contributed by atoms with E-state index in [1.807, 2.05) is 29.7 Å². The van der Waals surface area contributed by atoms with Crippen LogP contribution >= 0.6 is 0 Å². The minimum absolute atomic E-state index is 0.106. The maximum atomic E-state index is 13.7. The highest BCUT2D eigenvalue weighted by atomic mass is 19.4. The largest absolute Gasteiger partial charge is 0.435 e. The first-order chi connectivity index (χ1) is 14.8. The van der Waals surface area contributed by atoms with Crippen molar-refractivity contribution in [3.8, 4) is 5.69 Å². The zero-order chi connectivity index (χ0) is 22.2. The first-order valence-corrected chi connectivity index (χ1v) is 9.30. The summed E-state index contributed by atoms with van der Waals surface area (Å²) in [5, 5.41) is 9.28. The Kier molecular flexibility index (Phi) is 5.17. The second-order valence-corrected chi connectivity index (χ2v) is 6.62. The lowest BCUT2D eigenvalue weighted by molar-refractivity contribution is -0.143. The molecule has 1 amide bonds. The molecular weight excluding hydrogens is 416 g/mol. The molecule has 4 rings (SSSR count). The number of nitrogens with zero attached hydrogens (tertiary/aromatic N) is 5. The molecule has 0 radical (unpaired) electrons. The molecule has 0 unspecified atom stereocenters. The fourth-order valence-corrected chi connectivity index (χ4v) is 3.33. The number of alkyl halides is 3. The van der Waals surface area contributed by atoms with Crippen molar-refractivity contribution in [2.24, 2.45) is 0 Å². The maximum absolute atomic E-state index is 13.7. The fraction of sp³-hybridized carbons (Fsp3) is 0.200. The van der Waals surface area contributed by atoms with Crippen molar-refractivity contribution in [2.45, 2.75) is 26.2 Å². The van der Waals surface area contributed by atoms with E-state index >= 15 is 0 Å². The van der Waals surface area contributed by atoms with E-state index in [2.05, 4.69) is 20.6 Å². The van der Waals surface area contributed by atoms with Crippen molar-refractivity contribution in [3.63, 3.8) is 0 Å². The van der Waals surface area contributed by atoms with Crippen molar-refractivity contribution < 1.29 is 22.4 Å². The van der Waals surface area contributed by atoms with Crippen LogP contribution in [0.2, 0.25) is 0 Å². The van der Waals surface area contributed by atoms with Crippen LogP contribution in [0.1, 0.15) is 28.9 Å². The van der Waals surface area contributed by atoms with Crippen LogP contribution < -0.4 is 5.32 Å². The average molecular weight is 432 g/mol. The third-order valence-corrected chi connectivity index (χ3v) is 4.66. The van der Waals surface area contributed by atoms with Crippen LogP contribution in [0.25, 0.3) is 16.7 Å². The summed E-state index contributed by atoms with van der Waals surface area (Å²) in [6.07, 6.45) is -4.95. The number of carbonyl (C=O) groups is 1. The number of nitrogens with one attached hydrogen (secondary N) is 1. The van der Waals surface area contributed by atoms with Gasteiger partial charge in [0.1, 0.15) is 11.6 Å². The van der Waals surface area contributed by atoms with Crippen LogP contribution in [0.4, 0.5) is 17.6 Å². The summed E-state index contributed by atoms with van der Waals surface area (Å²) in [7, 11) is 0. The summed E-state index contributed by atoms with van der Waals surface area (Å²) in [6.45, 7) is 2.35. The number of aryl methyl sites for hydroxylation is 1. The number of fused-ring (bicyclic) bond motifs is 1. The Morgan fingerprint density at radius 3 is 2.61 bits per heavy atom. The van der Waals surface area contributed by atoms with Gasteiger partial charge in [0.05, 0.1) is 23.3 Å². The third-order valence-electron chi connectivity index (χ3n) is 4.66. The first kappa shape index (κ1) is 20.5. The van der Waals surface area contributed by atoms with Gasteiger partial charge >= 0.3 is 6.18 Å².